The summed E-state index contributed by atoms with van der Waals surface area (Å²) in [7, 11) is 0. The Morgan fingerprint density at radius 2 is 1.89 bits per heavy atom. The minimum atomic E-state index is -0.301. The van der Waals surface area contributed by atoms with Crippen LogP contribution in [0.4, 0.5) is 0 Å². The van der Waals surface area contributed by atoms with Crippen LogP contribution in [0.1, 0.15) is 55.9 Å². The van der Waals surface area contributed by atoms with E-state index in [0.717, 1.165) is 49.8 Å². The molecule has 0 saturated carbocycles. The average molecular weight is 263 g/mol. The molecule has 1 aliphatic heterocycles. The predicted octanol–water partition coefficient (Wildman–Crippen LogP) is 2.62. The van der Waals surface area contributed by atoms with Crippen molar-refractivity contribution in [3.8, 4) is 0 Å². The van der Waals surface area contributed by atoms with Gasteiger partial charge in [-0.3, -0.25) is 0 Å². The van der Waals surface area contributed by atoms with E-state index in [0.29, 0.717) is 0 Å². The first-order valence-corrected chi connectivity index (χ1v) is 7.26. The van der Waals surface area contributed by atoms with Gasteiger partial charge in [0.25, 0.3) is 0 Å². The van der Waals surface area contributed by atoms with Crippen LogP contribution in [0.2, 0.25) is 0 Å². The molecule has 0 aliphatic carbocycles. The summed E-state index contributed by atoms with van der Waals surface area (Å²) in [6.45, 7) is 11.0. The molecule has 2 rings (SSSR count). The first kappa shape index (κ1) is 14.4. The summed E-state index contributed by atoms with van der Waals surface area (Å²) in [6, 6.07) is 0. The molecule has 1 atom stereocenters. The molecule has 19 heavy (non-hydrogen) atoms. The molecule has 0 aromatic carbocycles. The molecule has 1 unspecified atom stereocenters. The van der Waals surface area contributed by atoms with Crippen molar-refractivity contribution in [1.82, 2.24) is 15.3 Å². The number of hydrogen-bond acceptors (Lipinski definition) is 4. The summed E-state index contributed by atoms with van der Waals surface area (Å²) in [5.41, 5.74) is 3.05. The number of nitrogens with one attached hydrogen (secondary N) is 1. The monoisotopic (exact) mass is 263 g/mol. The molecule has 4 heteroatoms. The lowest BCUT2D eigenvalue weighted by Gasteiger charge is -2.33. The van der Waals surface area contributed by atoms with E-state index < -0.39 is 0 Å². The number of aromatic nitrogens is 2. The van der Waals surface area contributed by atoms with Crippen molar-refractivity contribution in [3.63, 3.8) is 0 Å². The fourth-order valence-corrected chi connectivity index (χ4v) is 2.59. The van der Waals surface area contributed by atoms with Gasteiger partial charge in [-0.15, -0.1) is 0 Å². The molecule has 0 amide bonds. The quantitative estimate of drug-likeness (QED) is 0.907. The van der Waals surface area contributed by atoms with Crippen LogP contribution in [0, 0.1) is 13.8 Å². The van der Waals surface area contributed by atoms with E-state index in [-0.39, 0.29) is 5.60 Å². The molecule has 1 aliphatic rings. The topological polar surface area (TPSA) is 47.0 Å². The Morgan fingerprint density at radius 1 is 1.21 bits per heavy atom. The van der Waals surface area contributed by atoms with Gasteiger partial charge in [0.15, 0.2) is 5.82 Å². The lowest BCUT2D eigenvalue weighted by Crippen LogP contribution is -2.33. The molecule has 0 spiro atoms. The zero-order chi connectivity index (χ0) is 13.9. The van der Waals surface area contributed by atoms with Crippen molar-refractivity contribution in [2.75, 3.05) is 13.2 Å². The van der Waals surface area contributed by atoms with Crippen molar-refractivity contribution in [2.45, 2.75) is 59.1 Å². The van der Waals surface area contributed by atoms with E-state index in [1.807, 2.05) is 0 Å². The van der Waals surface area contributed by atoms with Crippen LogP contribution in [-0.4, -0.2) is 23.1 Å². The van der Waals surface area contributed by atoms with Gasteiger partial charge in [0, 0.05) is 30.1 Å². The lowest BCUT2D eigenvalue weighted by molar-refractivity contribution is -0.0762. The van der Waals surface area contributed by atoms with E-state index in [1.165, 1.54) is 12.0 Å². The minimum absolute atomic E-state index is 0.301. The molecular formula is C15H25N3O. The van der Waals surface area contributed by atoms with Gasteiger partial charge >= 0.3 is 0 Å². The Kier molecular flexibility index (Phi) is 4.53. The van der Waals surface area contributed by atoms with E-state index in [2.05, 4.69) is 33.0 Å². The zero-order valence-electron chi connectivity index (χ0n) is 12.5. The standard InChI is InChI=1S/C15H25N3O/c1-5-16-10-13-11(2)17-14(18-12(13)3)15(4)8-6-7-9-19-15/h16H,5-10H2,1-4H3. The van der Waals surface area contributed by atoms with Gasteiger partial charge < -0.3 is 10.1 Å². The molecule has 0 radical (unpaired) electrons. The number of rotatable bonds is 4. The third kappa shape index (κ3) is 3.12. The van der Waals surface area contributed by atoms with E-state index in [4.69, 9.17) is 14.7 Å². The Morgan fingerprint density at radius 3 is 2.42 bits per heavy atom. The second kappa shape index (κ2) is 5.97. The van der Waals surface area contributed by atoms with Crippen LogP contribution in [0.25, 0.3) is 0 Å². The summed E-state index contributed by atoms with van der Waals surface area (Å²) < 4.78 is 5.94. The Labute approximate surface area is 116 Å². The Hall–Kier alpha value is -1.00. The SMILES string of the molecule is CCNCc1c(C)nc(C2(C)CCCCO2)nc1C. The van der Waals surface area contributed by atoms with Crippen molar-refractivity contribution in [3.05, 3.63) is 22.8 Å². The first-order valence-electron chi connectivity index (χ1n) is 7.26. The van der Waals surface area contributed by atoms with Crippen LogP contribution < -0.4 is 5.32 Å². The summed E-state index contributed by atoms with van der Waals surface area (Å²) in [4.78, 5) is 9.41. The van der Waals surface area contributed by atoms with Gasteiger partial charge in [-0.1, -0.05) is 6.92 Å². The maximum atomic E-state index is 5.94. The lowest BCUT2D eigenvalue weighted by atomic mass is 9.94. The summed E-state index contributed by atoms with van der Waals surface area (Å²) in [6.07, 6.45) is 3.35. The van der Waals surface area contributed by atoms with Gasteiger partial charge in [0.1, 0.15) is 5.60 Å². The maximum Gasteiger partial charge on any atom is 0.160 e. The van der Waals surface area contributed by atoms with Crippen LogP contribution in [0.3, 0.4) is 0 Å². The van der Waals surface area contributed by atoms with Crippen molar-refractivity contribution in [2.24, 2.45) is 0 Å². The number of aryl methyl sites for hydroxylation is 2. The van der Waals surface area contributed by atoms with Crippen molar-refractivity contribution >= 4 is 0 Å². The first-order chi connectivity index (χ1) is 9.07. The highest BCUT2D eigenvalue weighted by molar-refractivity contribution is 5.25. The molecule has 1 saturated heterocycles. The summed E-state index contributed by atoms with van der Waals surface area (Å²) in [5, 5.41) is 3.34. The smallest absolute Gasteiger partial charge is 0.160 e. The predicted molar refractivity (Wildman–Crippen MR) is 76.0 cm³/mol. The average Bonchev–Trinajstić information content (AvgIpc) is 2.38. The molecule has 0 bridgehead atoms. The van der Waals surface area contributed by atoms with Crippen molar-refractivity contribution < 1.29 is 4.74 Å². The van der Waals surface area contributed by atoms with E-state index in [9.17, 15) is 0 Å². The minimum Gasteiger partial charge on any atom is -0.367 e. The van der Waals surface area contributed by atoms with Crippen LogP contribution in [-0.2, 0) is 16.9 Å². The maximum absolute atomic E-state index is 5.94. The molecule has 1 fully saturated rings. The van der Waals surface area contributed by atoms with Crippen LogP contribution in [0.15, 0.2) is 0 Å². The zero-order valence-corrected chi connectivity index (χ0v) is 12.5. The van der Waals surface area contributed by atoms with Crippen LogP contribution in [0.5, 0.6) is 0 Å². The van der Waals surface area contributed by atoms with Crippen molar-refractivity contribution in [1.29, 1.82) is 0 Å². The number of ether oxygens (including phenoxy) is 1. The van der Waals surface area contributed by atoms with Gasteiger partial charge in [-0.05, 0) is 46.6 Å². The summed E-state index contributed by atoms with van der Waals surface area (Å²) >= 11 is 0. The number of hydrogen-bond donors (Lipinski definition) is 1. The van der Waals surface area contributed by atoms with Gasteiger partial charge in [0.05, 0.1) is 0 Å². The third-order valence-corrected chi connectivity index (χ3v) is 3.91. The van der Waals surface area contributed by atoms with E-state index in [1.54, 1.807) is 0 Å². The van der Waals surface area contributed by atoms with Crippen LogP contribution >= 0.6 is 0 Å². The summed E-state index contributed by atoms with van der Waals surface area (Å²) in [5.74, 6) is 0.849. The molecular weight excluding hydrogens is 238 g/mol. The van der Waals surface area contributed by atoms with Gasteiger partial charge in [-0.2, -0.15) is 0 Å². The Bertz CT molecular complexity index is 416. The molecule has 1 aromatic heterocycles. The van der Waals surface area contributed by atoms with Gasteiger partial charge in [0.2, 0.25) is 0 Å². The fourth-order valence-electron chi connectivity index (χ4n) is 2.59. The largest absolute Gasteiger partial charge is 0.367 e. The number of nitrogens with zero attached hydrogens (tertiary/aromatic N) is 2. The highest BCUT2D eigenvalue weighted by Crippen LogP contribution is 2.33. The molecule has 1 aromatic rings. The second-order valence-electron chi connectivity index (χ2n) is 5.51. The molecule has 2 heterocycles. The normalized spacial score (nSPS) is 23.6. The fraction of sp³-hybridized carbons (Fsp3) is 0.733. The third-order valence-electron chi connectivity index (χ3n) is 3.91. The second-order valence-corrected chi connectivity index (χ2v) is 5.51. The molecule has 1 N–H and O–H groups in total. The molecule has 4 nitrogen and oxygen atoms in total. The van der Waals surface area contributed by atoms with E-state index >= 15 is 0 Å². The highest BCUT2D eigenvalue weighted by Gasteiger charge is 2.33. The Balaban J connectivity index is 2.28. The highest BCUT2D eigenvalue weighted by atomic mass is 16.5. The molecule has 106 valence electrons. The van der Waals surface area contributed by atoms with Gasteiger partial charge in [-0.25, -0.2) is 9.97 Å².